The molecule has 0 aromatic heterocycles. The van der Waals surface area contributed by atoms with Crippen molar-refractivity contribution in [3.05, 3.63) is 35.9 Å². The molecule has 40 heavy (non-hydrogen) atoms. The van der Waals surface area contributed by atoms with E-state index in [1.807, 2.05) is 44.4 Å². The number of hydrogen-bond donors (Lipinski definition) is 0. The smallest absolute Gasteiger partial charge is 0.254 e. The molecule has 0 radical (unpaired) electrons. The van der Waals surface area contributed by atoms with E-state index >= 15 is 0 Å². The van der Waals surface area contributed by atoms with Crippen molar-refractivity contribution in [2.45, 2.75) is 127 Å². The first-order valence-electron chi connectivity index (χ1n) is 16.5. The van der Waals surface area contributed by atoms with Gasteiger partial charge in [0.05, 0.1) is 6.10 Å². The molecule has 0 aliphatic heterocycles. The zero-order valence-corrected chi connectivity index (χ0v) is 25.5. The zero-order valence-electron chi connectivity index (χ0n) is 25.5. The van der Waals surface area contributed by atoms with Gasteiger partial charge in [-0.1, -0.05) is 50.3 Å². The lowest BCUT2D eigenvalue weighted by molar-refractivity contribution is -0.138. The summed E-state index contributed by atoms with van der Waals surface area (Å²) < 4.78 is 5.40. The molecular formula is C35H54N2O3. The Balaban J connectivity index is 0.000000161. The van der Waals surface area contributed by atoms with Crippen LogP contribution in [0.2, 0.25) is 0 Å². The predicted octanol–water partition coefficient (Wildman–Crippen LogP) is 7.49. The molecule has 6 aliphatic rings. The summed E-state index contributed by atoms with van der Waals surface area (Å²) in [4.78, 5) is 29.7. The Labute approximate surface area is 243 Å². The van der Waals surface area contributed by atoms with Gasteiger partial charge in [0.15, 0.2) is 0 Å². The number of amides is 2. The van der Waals surface area contributed by atoms with Crippen LogP contribution >= 0.6 is 0 Å². The second-order valence-electron chi connectivity index (χ2n) is 14.0. The third-order valence-electron chi connectivity index (χ3n) is 11.4. The summed E-state index contributed by atoms with van der Waals surface area (Å²) in [6.45, 7) is 0. The monoisotopic (exact) mass is 550 g/mol. The molecule has 1 aromatic rings. The molecule has 5 nitrogen and oxygen atoms in total. The Hall–Kier alpha value is -1.88. The SMILES string of the molecule is CN(C(=O)c1ccccc1)C12CC3CC(CC(C3)C1)C2.COC1CCC(C(=O)N(C)C2CCCCCCC2)CC1. The first kappa shape index (κ1) is 29.6. The van der Waals surface area contributed by atoms with Gasteiger partial charge >= 0.3 is 0 Å². The van der Waals surface area contributed by atoms with Crippen molar-refractivity contribution in [1.82, 2.24) is 9.80 Å². The van der Waals surface area contributed by atoms with E-state index in [-0.39, 0.29) is 17.4 Å². The molecular weight excluding hydrogens is 496 g/mol. The van der Waals surface area contributed by atoms with E-state index in [0.29, 0.717) is 18.1 Å². The number of carbonyl (C=O) groups is 2. The fourth-order valence-corrected chi connectivity index (χ4v) is 9.30. The summed E-state index contributed by atoms with van der Waals surface area (Å²) in [5.41, 5.74) is 1.01. The number of benzene rings is 1. The molecule has 6 fully saturated rings. The van der Waals surface area contributed by atoms with Gasteiger partial charge in [0.1, 0.15) is 0 Å². The quantitative estimate of drug-likeness (QED) is 0.382. The molecule has 4 bridgehead atoms. The highest BCUT2D eigenvalue weighted by atomic mass is 16.5. The maximum atomic E-state index is 12.8. The number of hydrogen-bond acceptors (Lipinski definition) is 3. The van der Waals surface area contributed by atoms with E-state index in [1.165, 1.54) is 83.5 Å². The Bertz CT molecular complexity index is 927. The average Bonchev–Trinajstić information content (AvgIpc) is 2.96. The van der Waals surface area contributed by atoms with Crippen LogP contribution in [0, 0.1) is 23.7 Å². The molecule has 0 spiro atoms. The van der Waals surface area contributed by atoms with Crippen LogP contribution in [0.3, 0.4) is 0 Å². The van der Waals surface area contributed by atoms with Gasteiger partial charge in [-0.25, -0.2) is 0 Å². The van der Waals surface area contributed by atoms with Gasteiger partial charge in [0, 0.05) is 44.3 Å². The summed E-state index contributed by atoms with van der Waals surface area (Å²) in [7, 11) is 5.87. The minimum Gasteiger partial charge on any atom is -0.381 e. The Morgan fingerprint density at radius 2 is 1.27 bits per heavy atom. The first-order chi connectivity index (χ1) is 19.4. The predicted molar refractivity (Wildman–Crippen MR) is 161 cm³/mol. The Kier molecular flexibility index (Phi) is 9.92. The van der Waals surface area contributed by atoms with E-state index in [2.05, 4.69) is 9.80 Å². The molecule has 2 amide bonds. The van der Waals surface area contributed by atoms with Crippen molar-refractivity contribution in [1.29, 1.82) is 0 Å². The van der Waals surface area contributed by atoms with Crippen LogP contribution in [-0.4, -0.2) is 60.5 Å². The first-order valence-corrected chi connectivity index (χ1v) is 16.5. The molecule has 7 rings (SSSR count). The maximum Gasteiger partial charge on any atom is 0.254 e. The lowest BCUT2D eigenvalue weighted by Crippen LogP contribution is -2.60. The van der Waals surface area contributed by atoms with Crippen molar-refractivity contribution >= 4 is 11.8 Å². The Morgan fingerprint density at radius 3 is 1.80 bits per heavy atom. The summed E-state index contributed by atoms with van der Waals surface area (Å²) >= 11 is 0. The molecule has 222 valence electrons. The highest BCUT2D eigenvalue weighted by Gasteiger charge is 2.53. The van der Waals surface area contributed by atoms with Gasteiger partial charge in [0.25, 0.3) is 5.91 Å². The van der Waals surface area contributed by atoms with Crippen molar-refractivity contribution < 1.29 is 14.3 Å². The summed E-state index contributed by atoms with van der Waals surface area (Å²) in [5, 5.41) is 0. The fraction of sp³-hybridized carbons (Fsp3) is 0.771. The molecule has 6 saturated carbocycles. The molecule has 0 heterocycles. The normalized spacial score (nSPS) is 33.7. The van der Waals surface area contributed by atoms with E-state index in [9.17, 15) is 9.59 Å². The topological polar surface area (TPSA) is 49.9 Å². The van der Waals surface area contributed by atoms with Crippen LogP contribution in [-0.2, 0) is 9.53 Å². The van der Waals surface area contributed by atoms with Crippen LogP contribution in [0.5, 0.6) is 0 Å². The molecule has 0 N–H and O–H groups in total. The van der Waals surface area contributed by atoms with Crippen LogP contribution in [0.1, 0.15) is 120 Å². The number of ether oxygens (including phenoxy) is 1. The number of rotatable bonds is 5. The van der Waals surface area contributed by atoms with Gasteiger partial charge in [-0.15, -0.1) is 0 Å². The highest BCUT2D eigenvalue weighted by molar-refractivity contribution is 5.94. The number of nitrogens with zero attached hydrogens (tertiary/aromatic N) is 2. The third kappa shape index (κ3) is 6.77. The van der Waals surface area contributed by atoms with Gasteiger partial charge in [0.2, 0.25) is 5.91 Å². The van der Waals surface area contributed by atoms with Crippen LogP contribution < -0.4 is 0 Å². The van der Waals surface area contributed by atoms with Gasteiger partial charge in [-0.05, 0) is 107 Å². The van der Waals surface area contributed by atoms with Crippen molar-refractivity contribution in [2.24, 2.45) is 23.7 Å². The largest absolute Gasteiger partial charge is 0.381 e. The molecule has 6 aliphatic carbocycles. The maximum absolute atomic E-state index is 12.8. The molecule has 1 aromatic carbocycles. The van der Waals surface area contributed by atoms with E-state index in [4.69, 9.17) is 4.74 Å². The van der Waals surface area contributed by atoms with Crippen molar-refractivity contribution in [3.63, 3.8) is 0 Å². The highest BCUT2D eigenvalue weighted by Crippen LogP contribution is 2.57. The third-order valence-corrected chi connectivity index (χ3v) is 11.4. The second kappa shape index (κ2) is 13.4. The average molecular weight is 551 g/mol. The summed E-state index contributed by atoms with van der Waals surface area (Å²) in [5.74, 6) is 3.50. The van der Waals surface area contributed by atoms with Crippen molar-refractivity contribution in [3.8, 4) is 0 Å². The Morgan fingerprint density at radius 1 is 0.750 bits per heavy atom. The van der Waals surface area contributed by atoms with Crippen molar-refractivity contribution in [2.75, 3.05) is 21.2 Å². The fourth-order valence-electron chi connectivity index (χ4n) is 9.30. The van der Waals surface area contributed by atoms with Crippen LogP contribution in [0.4, 0.5) is 0 Å². The summed E-state index contributed by atoms with van der Waals surface area (Å²) in [6, 6.07) is 10.3. The van der Waals surface area contributed by atoms with Crippen LogP contribution in [0.25, 0.3) is 0 Å². The van der Waals surface area contributed by atoms with Gasteiger partial charge in [-0.2, -0.15) is 0 Å². The second-order valence-corrected chi connectivity index (χ2v) is 14.0. The molecule has 5 heteroatoms. The molecule has 0 unspecified atom stereocenters. The summed E-state index contributed by atoms with van der Waals surface area (Å²) in [6.07, 6.45) is 21.6. The zero-order chi connectivity index (χ0) is 28.1. The van der Waals surface area contributed by atoms with Gasteiger partial charge < -0.3 is 14.5 Å². The number of methoxy groups -OCH3 is 1. The lowest BCUT2D eigenvalue weighted by atomic mass is 9.52. The number of carbonyl (C=O) groups excluding carboxylic acids is 2. The minimum absolute atomic E-state index is 0.168. The van der Waals surface area contributed by atoms with Gasteiger partial charge in [-0.3, -0.25) is 9.59 Å². The van der Waals surface area contributed by atoms with E-state index in [0.717, 1.165) is 49.0 Å². The lowest BCUT2D eigenvalue weighted by Gasteiger charge is -2.59. The molecule has 0 atom stereocenters. The minimum atomic E-state index is 0.168. The molecule has 0 saturated heterocycles. The van der Waals surface area contributed by atoms with E-state index < -0.39 is 0 Å². The standard InChI is InChI=1S/C18H23NO.C17H31NO2/c1-19(17(20)16-5-3-2-4-6-16)18-10-13-7-14(11-18)9-15(8-13)12-18;1-18(15-8-6-4-3-5-7-9-15)17(19)14-10-12-16(20-2)13-11-14/h2-6,13-15H,7-12H2,1H3;14-16H,3-13H2,1-2H3. The van der Waals surface area contributed by atoms with E-state index in [1.54, 1.807) is 7.11 Å². The van der Waals surface area contributed by atoms with Crippen LogP contribution in [0.15, 0.2) is 30.3 Å².